The van der Waals surface area contributed by atoms with E-state index in [4.69, 9.17) is 11.6 Å². The maximum Gasteiger partial charge on any atom is 0.266 e. The van der Waals surface area contributed by atoms with Gasteiger partial charge in [0.1, 0.15) is 0 Å². The van der Waals surface area contributed by atoms with Crippen LogP contribution in [0.5, 0.6) is 0 Å². The molecule has 5 nitrogen and oxygen atoms in total. The second kappa shape index (κ2) is 9.01. The highest BCUT2D eigenvalue weighted by Crippen LogP contribution is 2.26. The molecule has 0 spiro atoms. The van der Waals surface area contributed by atoms with Crippen LogP contribution in [0.1, 0.15) is 25.7 Å². The van der Waals surface area contributed by atoms with Crippen molar-refractivity contribution in [1.29, 1.82) is 0 Å². The van der Waals surface area contributed by atoms with E-state index in [1.54, 1.807) is 18.2 Å². The molecule has 4 rings (SSSR count). The molecule has 2 aromatic carbocycles. The van der Waals surface area contributed by atoms with Crippen LogP contribution in [0.15, 0.2) is 58.5 Å². The van der Waals surface area contributed by atoms with E-state index in [0.29, 0.717) is 26.8 Å². The molecule has 29 heavy (non-hydrogen) atoms. The lowest BCUT2D eigenvalue weighted by atomic mass is 10.2. The molecule has 0 atom stereocenters. The quantitative estimate of drug-likeness (QED) is 0.453. The zero-order valence-corrected chi connectivity index (χ0v) is 17.6. The predicted molar refractivity (Wildman–Crippen MR) is 118 cm³/mol. The van der Waals surface area contributed by atoms with E-state index in [1.165, 1.54) is 29.2 Å². The van der Waals surface area contributed by atoms with Gasteiger partial charge in [-0.05, 0) is 37.1 Å². The van der Waals surface area contributed by atoms with Gasteiger partial charge in [-0.25, -0.2) is 4.98 Å². The highest BCUT2D eigenvalue weighted by molar-refractivity contribution is 7.99. The molecule has 1 saturated heterocycles. The molecule has 0 aliphatic carbocycles. The van der Waals surface area contributed by atoms with Gasteiger partial charge in [-0.2, -0.15) is 0 Å². The van der Waals surface area contributed by atoms with E-state index in [-0.39, 0.29) is 17.2 Å². The van der Waals surface area contributed by atoms with Crippen LogP contribution in [0.25, 0.3) is 16.6 Å². The van der Waals surface area contributed by atoms with Crippen molar-refractivity contribution in [2.75, 3.05) is 18.8 Å². The van der Waals surface area contributed by atoms with E-state index in [9.17, 15) is 9.59 Å². The third-order valence-electron chi connectivity index (χ3n) is 5.12. The number of para-hydroxylation sites is 2. The van der Waals surface area contributed by atoms with Crippen LogP contribution in [0.4, 0.5) is 0 Å². The molecule has 0 saturated carbocycles. The monoisotopic (exact) mass is 427 g/mol. The number of benzene rings is 2. The number of halogens is 1. The van der Waals surface area contributed by atoms with Crippen molar-refractivity contribution in [3.05, 3.63) is 63.9 Å². The van der Waals surface area contributed by atoms with Crippen LogP contribution in [0.2, 0.25) is 5.02 Å². The highest BCUT2D eigenvalue weighted by Gasteiger charge is 2.19. The van der Waals surface area contributed by atoms with E-state index < -0.39 is 0 Å². The van der Waals surface area contributed by atoms with Gasteiger partial charge in [0.25, 0.3) is 5.56 Å². The average Bonchev–Trinajstić information content (AvgIpc) is 3.03. The zero-order valence-electron chi connectivity index (χ0n) is 16.0. The fourth-order valence-electron chi connectivity index (χ4n) is 3.59. The van der Waals surface area contributed by atoms with Gasteiger partial charge in [0.05, 0.1) is 27.4 Å². The number of nitrogens with zero attached hydrogens (tertiary/aromatic N) is 3. The summed E-state index contributed by atoms with van der Waals surface area (Å²) in [4.78, 5) is 32.6. The Labute approximate surface area is 178 Å². The van der Waals surface area contributed by atoms with Crippen molar-refractivity contribution < 1.29 is 4.79 Å². The first-order valence-corrected chi connectivity index (χ1v) is 11.2. The fraction of sp³-hybridized carbons (Fsp3) is 0.318. The summed E-state index contributed by atoms with van der Waals surface area (Å²) in [5, 5.41) is 1.47. The standard InChI is InChI=1S/C22H22ClN3O2S/c23-17-10-4-6-12-19(17)26-21(28)16-9-3-5-11-18(16)24-22(26)29-15-20(27)25-13-7-1-2-8-14-25/h3-6,9-12H,1-2,7-8,13-15H2. The van der Waals surface area contributed by atoms with Crippen LogP contribution in [0.3, 0.4) is 0 Å². The summed E-state index contributed by atoms with van der Waals surface area (Å²) < 4.78 is 1.52. The second-order valence-electron chi connectivity index (χ2n) is 7.09. The summed E-state index contributed by atoms with van der Waals surface area (Å²) in [7, 11) is 0. The molecule has 150 valence electrons. The molecule has 1 amide bonds. The van der Waals surface area contributed by atoms with Crippen LogP contribution < -0.4 is 5.56 Å². The van der Waals surface area contributed by atoms with Gasteiger partial charge < -0.3 is 4.90 Å². The van der Waals surface area contributed by atoms with Gasteiger partial charge in [0.2, 0.25) is 5.91 Å². The van der Waals surface area contributed by atoms with Crippen LogP contribution in [-0.2, 0) is 4.79 Å². The largest absolute Gasteiger partial charge is 0.342 e. The van der Waals surface area contributed by atoms with Crippen LogP contribution >= 0.6 is 23.4 Å². The van der Waals surface area contributed by atoms with E-state index >= 15 is 0 Å². The predicted octanol–water partition coefficient (Wildman–Crippen LogP) is 4.53. The van der Waals surface area contributed by atoms with Crippen LogP contribution in [0, 0.1) is 0 Å². The van der Waals surface area contributed by atoms with Crippen molar-refractivity contribution >= 4 is 40.2 Å². The lowest BCUT2D eigenvalue weighted by molar-refractivity contribution is -0.128. The van der Waals surface area contributed by atoms with Gasteiger partial charge in [-0.1, -0.05) is 60.5 Å². The number of aromatic nitrogens is 2. The summed E-state index contributed by atoms with van der Waals surface area (Å²) in [6, 6.07) is 14.4. The lowest BCUT2D eigenvalue weighted by Crippen LogP contribution is -2.33. The molecule has 1 aromatic heterocycles. The Morgan fingerprint density at radius 1 is 1.00 bits per heavy atom. The van der Waals surface area contributed by atoms with Crippen LogP contribution in [-0.4, -0.2) is 39.2 Å². The number of amides is 1. The Morgan fingerprint density at radius 2 is 1.69 bits per heavy atom. The van der Waals surface area contributed by atoms with Crippen molar-refractivity contribution in [2.45, 2.75) is 30.8 Å². The lowest BCUT2D eigenvalue weighted by Gasteiger charge is -2.20. The number of hydrogen-bond donors (Lipinski definition) is 0. The molecular weight excluding hydrogens is 406 g/mol. The molecule has 1 fully saturated rings. The van der Waals surface area contributed by atoms with Crippen molar-refractivity contribution in [3.63, 3.8) is 0 Å². The summed E-state index contributed by atoms with van der Waals surface area (Å²) in [5.74, 6) is 0.333. The molecule has 0 bridgehead atoms. The number of rotatable bonds is 4. The van der Waals surface area contributed by atoms with Crippen molar-refractivity contribution in [3.8, 4) is 5.69 Å². The first-order chi connectivity index (χ1) is 14.1. The Morgan fingerprint density at radius 3 is 2.45 bits per heavy atom. The van der Waals surface area contributed by atoms with Gasteiger partial charge in [-0.15, -0.1) is 0 Å². The van der Waals surface area contributed by atoms with E-state index in [0.717, 1.165) is 25.9 Å². The minimum absolute atomic E-state index is 0.0880. The van der Waals surface area contributed by atoms with Crippen molar-refractivity contribution in [1.82, 2.24) is 14.5 Å². The number of hydrogen-bond acceptors (Lipinski definition) is 4. The zero-order chi connectivity index (χ0) is 20.2. The summed E-state index contributed by atoms with van der Waals surface area (Å²) >= 11 is 7.67. The van der Waals surface area contributed by atoms with Crippen molar-refractivity contribution in [2.24, 2.45) is 0 Å². The Balaban J connectivity index is 1.71. The molecule has 3 aromatic rings. The summed E-state index contributed by atoms with van der Waals surface area (Å²) in [6.45, 7) is 1.61. The molecule has 2 heterocycles. The normalized spacial score (nSPS) is 14.7. The van der Waals surface area contributed by atoms with E-state index in [2.05, 4.69) is 4.98 Å². The minimum Gasteiger partial charge on any atom is -0.342 e. The highest BCUT2D eigenvalue weighted by atomic mass is 35.5. The summed E-state index contributed by atoms with van der Waals surface area (Å²) in [6.07, 6.45) is 4.45. The number of carbonyl (C=O) groups is 1. The molecule has 0 unspecified atom stereocenters. The van der Waals surface area contributed by atoms with Gasteiger partial charge in [0, 0.05) is 13.1 Å². The molecule has 0 radical (unpaired) electrons. The number of fused-ring (bicyclic) bond motifs is 1. The smallest absolute Gasteiger partial charge is 0.266 e. The van der Waals surface area contributed by atoms with Gasteiger partial charge in [-0.3, -0.25) is 14.2 Å². The fourth-order valence-corrected chi connectivity index (χ4v) is 4.72. The number of likely N-dealkylation sites (tertiary alicyclic amines) is 1. The number of thioether (sulfide) groups is 1. The Hall–Kier alpha value is -2.31. The average molecular weight is 428 g/mol. The van der Waals surface area contributed by atoms with E-state index in [1.807, 2.05) is 35.2 Å². The molecule has 0 N–H and O–H groups in total. The topological polar surface area (TPSA) is 55.2 Å². The van der Waals surface area contributed by atoms with Gasteiger partial charge in [0.15, 0.2) is 5.16 Å². The Bertz CT molecular complexity index is 1090. The molecule has 1 aliphatic rings. The molecular formula is C22H22ClN3O2S. The molecule has 1 aliphatic heterocycles. The third-order valence-corrected chi connectivity index (χ3v) is 6.36. The second-order valence-corrected chi connectivity index (χ2v) is 8.44. The number of carbonyl (C=O) groups excluding carboxylic acids is 1. The summed E-state index contributed by atoms with van der Waals surface area (Å²) in [5.41, 5.74) is 1.00. The maximum absolute atomic E-state index is 13.2. The third kappa shape index (κ3) is 4.33. The SMILES string of the molecule is O=C(CSc1nc2ccccc2c(=O)n1-c1ccccc1Cl)N1CCCCCC1. The Kier molecular flexibility index (Phi) is 6.21. The first-order valence-electron chi connectivity index (χ1n) is 9.82. The maximum atomic E-state index is 13.2. The minimum atomic E-state index is -0.187. The molecule has 7 heteroatoms. The van der Waals surface area contributed by atoms with Gasteiger partial charge >= 0.3 is 0 Å². The first kappa shape index (κ1) is 20.0.